The van der Waals surface area contributed by atoms with Crippen molar-refractivity contribution in [2.75, 3.05) is 13.1 Å². The van der Waals surface area contributed by atoms with Crippen LogP contribution in [0.25, 0.3) is 0 Å². The van der Waals surface area contributed by atoms with Crippen molar-refractivity contribution in [1.82, 2.24) is 15.1 Å². The molecule has 3 atom stereocenters. The van der Waals surface area contributed by atoms with E-state index in [0.29, 0.717) is 6.54 Å². The molecule has 20 heavy (non-hydrogen) atoms. The maximum Gasteiger partial charge on any atom is 0.252 e. The summed E-state index contributed by atoms with van der Waals surface area (Å²) in [5.74, 6) is 0.117. The van der Waals surface area contributed by atoms with E-state index < -0.39 is 0 Å². The summed E-state index contributed by atoms with van der Waals surface area (Å²) in [6, 6.07) is 0.135. The molecule has 2 aliphatic rings. The van der Waals surface area contributed by atoms with E-state index >= 15 is 0 Å². The van der Waals surface area contributed by atoms with Crippen molar-refractivity contribution >= 4 is 5.91 Å². The summed E-state index contributed by atoms with van der Waals surface area (Å²) in [5.41, 5.74) is 6.71. The second-order valence-electron chi connectivity index (χ2n) is 5.63. The molecule has 1 aromatic rings. The molecule has 3 rings (SSSR count). The van der Waals surface area contributed by atoms with Crippen LogP contribution in [-0.4, -0.2) is 46.3 Å². The van der Waals surface area contributed by atoms with Crippen molar-refractivity contribution < 1.29 is 9.53 Å². The molecule has 6 nitrogen and oxygen atoms in total. The molecule has 1 unspecified atom stereocenters. The molecule has 1 amide bonds. The van der Waals surface area contributed by atoms with Gasteiger partial charge in [-0.15, -0.1) is 0 Å². The van der Waals surface area contributed by atoms with Crippen molar-refractivity contribution in [3.8, 4) is 0 Å². The number of nitrogens with one attached hydrogen (secondary N) is 1. The van der Waals surface area contributed by atoms with Crippen molar-refractivity contribution in [2.45, 2.75) is 50.4 Å². The van der Waals surface area contributed by atoms with Gasteiger partial charge in [0.15, 0.2) is 0 Å². The Morgan fingerprint density at radius 3 is 3.05 bits per heavy atom. The van der Waals surface area contributed by atoms with Gasteiger partial charge < -0.3 is 15.4 Å². The zero-order valence-corrected chi connectivity index (χ0v) is 11.6. The van der Waals surface area contributed by atoms with Crippen LogP contribution in [0.1, 0.15) is 43.7 Å². The molecule has 2 aliphatic heterocycles. The van der Waals surface area contributed by atoms with Crippen molar-refractivity contribution in [3.63, 3.8) is 0 Å². The fraction of sp³-hybridized carbons (Fsp3) is 0.714. The lowest BCUT2D eigenvalue weighted by atomic mass is 9.96. The molecule has 0 radical (unpaired) electrons. The minimum Gasteiger partial charge on any atom is -0.364 e. The van der Waals surface area contributed by atoms with E-state index in [4.69, 9.17) is 10.5 Å². The molecule has 0 saturated carbocycles. The first kappa shape index (κ1) is 13.6. The summed E-state index contributed by atoms with van der Waals surface area (Å²) < 4.78 is 5.75. The third-order valence-corrected chi connectivity index (χ3v) is 4.34. The van der Waals surface area contributed by atoms with Gasteiger partial charge in [0.05, 0.1) is 18.3 Å². The highest BCUT2D eigenvalue weighted by atomic mass is 16.5. The van der Waals surface area contributed by atoms with Gasteiger partial charge in [0, 0.05) is 24.8 Å². The summed E-state index contributed by atoms with van der Waals surface area (Å²) in [7, 11) is 0. The number of ether oxygens (including phenoxy) is 1. The zero-order chi connectivity index (χ0) is 13.9. The number of carbonyl (C=O) groups excluding carboxylic acids is 1. The number of hydrogen-bond acceptors (Lipinski definition) is 4. The predicted molar refractivity (Wildman–Crippen MR) is 73.8 cm³/mol. The molecule has 0 bridgehead atoms. The largest absolute Gasteiger partial charge is 0.364 e. The SMILES string of the molecule is NC[C@H]1CC[C@@H](C(=O)N2CCCCC2c2cn[nH]c2)O1. The Kier molecular flexibility index (Phi) is 4.03. The van der Waals surface area contributed by atoms with Gasteiger partial charge in [-0.2, -0.15) is 5.10 Å². The van der Waals surface area contributed by atoms with E-state index in [1.807, 2.05) is 17.3 Å². The van der Waals surface area contributed by atoms with Gasteiger partial charge >= 0.3 is 0 Å². The molecule has 0 spiro atoms. The number of likely N-dealkylation sites (tertiary alicyclic amines) is 1. The Hall–Kier alpha value is -1.40. The van der Waals surface area contributed by atoms with Gasteiger partial charge in [0.1, 0.15) is 6.10 Å². The first-order valence-corrected chi connectivity index (χ1v) is 7.44. The molecular formula is C14H22N4O2. The standard InChI is InChI=1S/C14H22N4O2/c15-7-11-4-5-13(20-11)14(19)18-6-2-1-3-12(18)10-8-16-17-9-10/h8-9,11-13H,1-7,15H2,(H,16,17)/t11-,12?,13+/m1/s1. The van der Waals surface area contributed by atoms with Gasteiger partial charge in [-0.05, 0) is 32.1 Å². The first-order chi connectivity index (χ1) is 9.79. The van der Waals surface area contributed by atoms with Crippen molar-refractivity contribution in [3.05, 3.63) is 18.0 Å². The van der Waals surface area contributed by atoms with Crippen molar-refractivity contribution in [1.29, 1.82) is 0 Å². The fourth-order valence-corrected chi connectivity index (χ4v) is 3.23. The fourth-order valence-electron chi connectivity index (χ4n) is 3.23. The number of carbonyl (C=O) groups is 1. The second-order valence-corrected chi connectivity index (χ2v) is 5.63. The maximum absolute atomic E-state index is 12.7. The number of nitrogens with zero attached hydrogens (tertiary/aromatic N) is 2. The lowest BCUT2D eigenvalue weighted by molar-refractivity contribution is -0.146. The Balaban J connectivity index is 1.71. The van der Waals surface area contributed by atoms with E-state index in [1.165, 1.54) is 0 Å². The lowest BCUT2D eigenvalue weighted by Crippen LogP contribution is -2.44. The first-order valence-electron chi connectivity index (χ1n) is 7.44. The average Bonchev–Trinajstić information content (AvgIpc) is 3.17. The number of H-pyrrole nitrogens is 1. The van der Waals surface area contributed by atoms with E-state index in [-0.39, 0.29) is 24.2 Å². The number of hydrogen-bond donors (Lipinski definition) is 2. The third-order valence-electron chi connectivity index (χ3n) is 4.34. The maximum atomic E-state index is 12.7. The lowest BCUT2D eigenvalue weighted by Gasteiger charge is -2.36. The Morgan fingerprint density at radius 1 is 1.45 bits per heavy atom. The van der Waals surface area contributed by atoms with Gasteiger partial charge in [-0.25, -0.2) is 0 Å². The van der Waals surface area contributed by atoms with Crippen LogP contribution >= 0.6 is 0 Å². The van der Waals surface area contributed by atoms with Crippen LogP contribution in [0.3, 0.4) is 0 Å². The zero-order valence-electron chi connectivity index (χ0n) is 11.6. The monoisotopic (exact) mass is 278 g/mol. The minimum atomic E-state index is -0.309. The number of aromatic nitrogens is 2. The molecule has 3 N–H and O–H groups in total. The molecule has 0 aromatic carbocycles. The van der Waals surface area contributed by atoms with E-state index in [1.54, 1.807) is 0 Å². The number of amides is 1. The molecule has 6 heteroatoms. The van der Waals surface area contributed by atoms with E-state index in [0.717, 1.165) is 44.2 Å². The normalized spacial score (nSPS) is 30.6. The van der Waals surface area contributed by atoms with Crippen LogP contribution in [0.5, 0.6) is 0 Å². The van der Waals surface area contributed by atoms with Crippen LogP contribution in [0, 0.1) is 0 Å². The van der Waals surface area contributed by atoms with Crippen LogP contribution < -0.4 is 5.73 Å². The number of aromatic amines is 1. The van der Waals surface area contributed by atoms with Gasteiger partial charge in [-0.3, -0.25) is 9.89 Å². The van der Waals surface area contributed by atoms with Crippen molar-refractivity contribution in [2.24, 2.45) is 5.73 Å². The average molecular weight is 278 g/mol. The minimum absolute atomic E-state index is 0.0427. The molecular weight excluding hydrogens is 256 g/mol. The van der Waals surface area contributed by atoms with Crippen LogP contribution in [0.2, 0.25) is 0 Å². The van der Waals surface area contributed by atoms with Gasteiger partial charge in [-0.1, -0.05) is 0 Å². The van der Waals surface area contributed by atoms with E-state index in [2.05, 4.69) is 10.2 Å². The summed E-state index contributed by atoms with van der Waals surface area (Å²) in [6.45, 7) is 1.30. The third kappa shape index (κ3) is 2.58. The number of rotatable bonds is 3. The molecule has 0 aliphatic carbocycles. The van der Waals surface area contributed by atoms with Gasteiger partial charge in [0.2, 0.25) is 0 Å². The quantitative estimate of drug-likeness (QED) is 0.863. The molecule has 2 saturated heterocycles. The highest BCUT2D eigenvalue weighted by molar-refractivity contribution is 5.81. The van der Waals surface area contributed by atoms with Gasteiger partial charge in [0.25, 0.3) is 5.91 Å². The summed E-state index contributed by atoms with van der Waals surface area (Å²) in [4.78, 5) is 14.7. The number of piperidine rings is 1. The predicted octanol–water partition coefficient (Wildman–Crippen LogP) is 0.970. The molecule has 2 fully saturated rings. The van der Waals surface area contributed by atoms with E-state index in [9.17, 15) is 4.79 Å². The Morgan fingerprint density at radius 2 is 2.35 bits per heavy atom. The smallest absolute Gasteiger partial charge is 0.252 e. The molecule has 1 aromatic heterocycles. The van der Waals surface area contributed by atoms with Crippen LogP contribution in [0.15, 0.2) is 12.4 Å². The Labute approximate surface area is 118 Å². The topological polar surface area (TPSA) is 84.2 Å². The second kappa shape index (κ2) is 5.93. The molecule has 3 heterocycles. The van der Waals surface area contributed by atoms with Crippen LogP contribution in [-0.2, 0) is 9.53 Å². The summed E-state index contributed by atoms with van der Waals surface area (Å²) >= 11 is 0. The highest BCUT2D eigenvalue weighted by Crippen LogP contribution is 2.32. The Bertz CT molecular complexity index is 448. The number of nitrogens with two attached hydrogens (primary N) is 1. The summed E-state index contributed by atoms with van der Waals surface area (Å²) in [6.07, 6.45) is 8.31. The van der Waals surface area contributed by atoms with Crippen LogP contribution in [0.4, 0.5) is 0 Å². The highest BCUT2D eigenvalue weighted by Gasteiger charge is 2.37. The molecule has 110 valence electrons. The summed E-state index contributed by atoms with van der Waals surface area (Å²) in [5, 5.41) is 6.84.